The first kappa shape index (κ1) is 21.1. The van der Waals surface area contributed by atoms with Gasteiger partial charge in [0.1, 0.15) is 0 Å². The predicted octanol–water partition coefficient (Wildman–Crippen LogP) is 2.79. The van der Waals surface area contributed by atoms with Gasteiger partial charge in [-0.15, -0.1) is 0 Å². The van der Waals surface area contributed by atoms with E-state index < -0.39 is 28.2 Å². The molecule has 2 aliphatic rings. The average Bonchev–Trinajstić information content (AvgIpc) is 2.66. The number of hydrogen-bond donors (Lipinski definition) is 2. The molecular formula is C20H30N2O5S. The highest BCUT2D eigenvalue weighted by atomic mass is 32.2. The zero-order chi connectivity index (χ0) is 20.1. The number of hydrogen-bond acceptors (Lipinski definition) is 4. The summed E-state index contributed by atoms with van der Waals surface area (Å²) >= 11 is 0. The van der Waals surface area contributed by atoms with Crippen molar-refractivity contribution in [1.82, 2.24) is 9.62 Å². The van der Waals surface area contributed by atoms with Crippen LogP contribution in [0.4, 0.5) is 4.79 Å². The third kappa shape index (κ3) is 5.68. The summed E-state index contributed by atoms with van der Waals surface area (Å²) in [6.07, 6.45) is 5.39. The average molecular weight is 411 g/mol. The van der Waals surface area contributed by atoms with Crippen LogP contribution in [-0.2, 0) is 14.8 Å². The van der Waals surface area contributed by atoms with Crippen molar-refractivity contribution in [1.29, 1.82) is 0 Å². The first-order valence-electron chi connectivity index (χ1n) is 9.97. The molecule has 1 aromatic rings. The minimum Gasteiger partial charge on any atom is -0.465 e. The van der Waals surface area contributed by atoms with Gasteiger partial charge in [0.2, 0.25) is 10.0 Å². The Hall–Kier alpha value is -1.64. The summed E-state index contributed by atoms with van der Waals surface area (Å²) in [5, 5.41) is 9.52. The van der Waals surface area contributed by atoms with Crippen molar-refractivity contribution in [3.8, 4) is 0 Å². The standard InChI is InChI=1S/C20H30N2O5S/c1-28(25,26)21-18-8-5-13-22(20(23)24)19(18)14-27-17-11-9-16(10-12-17)15-6-3-2-4-7-15/h2-4,6-7,16-19,21H,5,8-14H2,1H3,(H,23,24)/t16?,17?,18-,19-/m0/s1. The van der Waals surface area contributed by atoms with E-state index >= 15 is 0 Å². The molecule has 28 heavy (non-hydrogen) atoms. The topological polar surface area (TPSA) is 95.9 Å². The van der Waals surface area contributed by atoms with Crippen LogP contribution in [0.3, 0.4) is 0 Å². The molecule has 1 saturated heterocycles. The van der Waals surface area contributed by atoms with Gasteiger partial charge >= 0.3 is 6.09 Å². The zero-order valence-electron chi connectivity index (χ0n) is 16.3. The van der Waals surface area contributed by atoms with E-state index in [0.717, 1.165) is 31.9 Å². The van der Waals surface area contributed by atoms with Crippen molar-refractivity contribution in [3.63, 3.8) is 0 Å². The molecular weight excluding hydrogens is 380 g/mol. The van der Waals surface area contributed by atoms with Gasteiger partial charge in [-0.1, -0.05) is 30.3 Å². The molecule has 2 atom stereocenters. The van der Waals surface area contributed by atoms with Crippen molar-refractivity contribution in [2.24, 2.45) is 0 Å². The molecule has 2 fully saturated rings. The third-order valence-corrected chi connectivity index (χ3v) is 6.57. The molecule has 1 aliphatic heterocycles. The van der Waals surface area contributed by atoms with Crippen LogP contribution in [0.15, 0.2) is 30.3 Å². The molecule has 1 aromatic carbocycles. The molecule has 1 saturated carbocycles. The van der Waals surface area contributed by atoms with Crippen LogP contribution in [0.5, 0.6) is 0 Å². The van der Waals surface area contributed by atoms with E-state index in [1.165, 1.54) is 10.5 Å². The van der Waals surface area contributed by atoms with Gasteiger partial charge in [-0.05, 0) is 50.0 Å². The second-order valence-electron chi connectivity index (χ2n) is 7.90. The lowest BCUT2D eigenvalue weighted by Gasteiger charge is -2.40. The fraction of sp³-hybridized carbons (Fsp3) is 0.650. The molecule has 8 heteroatoms. The van der Waals surface area contributed by atoms with Crippen LogP contribution >= 0.6 is 0 Å². The second-order valence-corrected chi connectivity index (χ2v) is 9.68. The summed E-state index contributed by atoms with van der Waals surface area (Å²) in [7, 11) is -3.41. The number of carboxylic acid groups (broad SMARTS) is 1. The third-order valence-electron chi connectivity index (χ3n) is 5.84. The lowest BCUT2D eigenvalue weighted by Crippen LogP contribution is -2.58. The fourth-order valence-corrected chi connectivity index (χ4v) is 5.26. The van der Waals surface area contributed by atoms with Gasteiger partial charge in [0.15, 0.2) is 0 Å². The number of sulfonamides is 1. The molecule has 0 spiro atoms. The first-order chi connectivity index (χ1) is 13.3. The number of carbonyl (C=O) groups is 1. The summed E-state index contributed by atoms with van der Waals surface area (Å²) < 4.78 is 32.0. The molecule has 7 nitrogen and oxygen atoms in total. The Balaban J connectivity index is 1.57. The molecule has 0 unspecified atom stereocenters. The van der Waals surface area contributed by atoms with Gasteiger partial charge in [0.05, 0.1) is 25.0 Å². The Morgan fingerprint density at radius 1 is 1.18 bits per heavy atom. The number of likely N-dealkylation sites (tertiary alicyclic amines) is 1. The Morgan fingerprint density at radius 2 is 1.86 bits per heavy atom. The van der Waals surface area contributed by atoms with Crippen molar-refractivity contribution in [3.05, 3.63) is 35.9 Å². The predicted molar refractivity (Wildman–Crippen MR) is 107 cm³/mol. The Morgan fingerprint density at radius 3 is 2.46 bits per heavy atom. The Labute approximate surface area is 167 Å². The van der Waals surface area contributed by atoms with Crippen LogP contribution in [0, 0.1) is 0 Å². The quantitative estimate of drug-likeness (QED) is 0.752. The van der Waals surface area contributed by atoms with Crippen LogP contribution in [0.2, 0.25) is 0 Å². The lowest BCUT2D eigenvalue weighted by molar-refractivity contribution is -0.0226. The van der Waals surface area contributed by atoms with E-state index in [9.17, 15) is 18.3 Å². The number of rotatable bonds is 6. The Bertz CT molecular complexity index is 747. The monoisotopic (exact) mass is 410 g/mol. The number of nitrogens with zero attached hydrogens (tertiary/aromatic N) is 1. The van der Waals surface area contributed by atoms with Gasteiger partial charge in [0.25, 0.3) is 0 Å². The second kappa shape index (κ2) is 9.24. The smallest absolute Gasteiger partial charge is 0.407 e. The van der Waals surface area contributed by atoms with Gasteiger partial charge in [0, 0.05) is 12.6 Å². The number of amides is 1. The van der Waals surface area contributed by atoms with Crippen molar-refractivity contribution >= 4 is 16.1 Å². The van der Waals surface area contributed by atoms with Gasteiger partial charge in [-0.3, -0.25) is 0 Å². The lowest BCUT2D eigenvalue weighted by atomic mass is 9.83. The van der Waals surface area contributed by atoms with Crippen molar-refractivity contribution < 1.29 is 23.1 Å². The molecule has 3 rings (SSSR count). The van der Waals surface area contributed by atoms with Crippen LogP contribution in [-0.4, -0.2) is 62.1 Å². The number of ether oxygens (including phenoxy) is 1. The molecule has 1 amide bonds. The highest BCUT2D eigenvalue weighted by Crippen LogP contribution is 2.34. The minimum absolute atomic E-state index is 0.0939. The van der Waals surface area contributed by atoms with E-state index in [2.05, 4.69) is 29.0 Å². The number of benzene rings is 1. The molecule has 2 N–H and O–H groups in total. The van der Waals surface area contributed by atoms with E-state index in [1.54, 1.807) is 0 Å². The zero-order valence-corrected chi connectivity index (χ0v) is 17.1. The fourth-order valence-electron chi connectivity index (χ4n) is 4.44. The Kier molecular flexibility index (Phi) is 6.95. The van der Waals surface area contributed by atoms with E-state index in [0.29, 0.717) is 25.3 Å². The first-order valence-corrected chi connectivity index (χ1v) is 11.9. The van der Waals surface area contributed by atoms with Crippen molar-refractivity contribution in [2.75, 3.05) is 19.4 Å². The maximum absolute atomic E-state index is 11.7. The molecule has 156 valence electrons. The van der Waals surface area contributed by atoms with E-state index in [1.807, 2.05) is 6.07 Å². The van der Waals surface area contributed by atoms with Gasteiger partial charge in [-0.25, -0.2) is 17.9 Å². The summed E-state index contributed by atoms with van der Waals surface area (Å²) in [5.74, 6) is 0.547. The number of nitrogens with one attached hydrogen (secondary N) is 1. The van der Waals surface area contributed by atoms with E-state index in [4.69, 9.17) is 4.74 Å². The molecule has 1 heterocycles. The van der Waals surface area contributed by atoms with Crippen LogP contribution in [0.1, 0.15) is 50.0 Å². The summed E-state index contributed by atoms with van der Waals surface area (Å²) in [5.41, 5.74) is 1.36. The highest BCUT2D eigenvalue weighted by Gasteiger charge is 2.36. The molecule has 0 radical (unpaired) electrons. The van der Waals surface area contributed by atoms with Gasteiger partial charge < -0.3 is 14.7 Å². The summed E-state index contributed by atoms with van der Waals surface area (Å²) in [4.78, 5) is 12.9. The minimum atomic E-state index is -3.41. The SMILES string of the molecule is CS(=O)(=O)N[C@H]1CCCN(C(=O)O)[C@H]1COC1CCC(c2ccccc2)CC1. The maximum atomic E-state index is 11.7. The molecule has 0 aromatic heterocycles. The normalized spacial score (nSPS) is 28.8. The number of piperidine rings is 1. The molecule has 0 bridgehead atoms. The van der Waals surface area contributed by atoms with Gasteiger partial charge in [-0.2, -0.15) is 0 Å². The molecule has 1 aliphatic carbocycles. The highest BCUT2D eigenvalue weighted by molar-refractivity contribution is 7.88. The van der Waals surface area contributed by atoms with Crippen LogP contribution in [0.25, 0.3) is 0 Å². The van der Waals surface area contributed by atoms with E-state index in [-0.39, 0.29) is 12.7 Å². The summed E-state index contributed by atoms with van der Waals surface area (Å²) in [6, 6.07) is 9.55. The largest absolute Gasteiger partial charge is 0.465 e. The van der Waals surface area contributed by atoms with Crippen LogP contribution < -0.4 is 4.72 Å². The maximum Gasteiger partial charge on any atom is 0.407 e. The van der Waals surface area contributed by atoms with Crippen molar-refractivity contribution in [2.45, 2.75) is 62.6 Å². The summed E-state index contributed by atoms with van der Waals surface area (Å²) in [6.45, 7) is 0.631.